The number of pyridine rings is 1. The van der Waals surface area contributed by atoms with Crippen LogP contribution in [0.25, 0.3) is 0 Å². The molecule has 0 amide bonds. The normalized spacial score (nSPS) is 14.1. The van der Waals surface area contributed by atoms with Crippen LogP contribution < -0.4 is 5.73 Å². The molecule has 0 radical (unpaired) electrons. The Morgan fingerprint density at radius 3 is 2.38 bits per heavy atom. The van der Waals surface area contributed by atoms with E-state index in [4.69, 9.17) is 5.73 Å². The molecule has 0 fully saturated rings. The smallest absolute Gasteiger partial charge is 0.0547 e. The van der Waals surface area contributed by atoms with E-state index in [1.165, 1.54) is 5.56 Å². The molecule has 2 N–H and O–H groups in total. The first-order valence-corrected chi connectivity index (χ1v) is 7.59. The minimum Gasteiger partial charge on any atom is -0.326 e. The highest BCUT2D eigenvalue weighted by Gasteiger charge is 2.23. The monoisotopic (exact) mass is 283 g/mol. The van der Waals surface area contributed by atoms with Crippen LogP contribution in [0, 0.1) is 6.92 Å². The van der Waals surface area contributed by atoms with E-state index in [2.05, 4.69) is 60.1 Å². The molecule has 1 aromatic heterocycles. The number of aryl methyl sites for hydroxylation is 1. The quantitative estimate of drug-likeness (QED) is 0.884. The highest BCUT2D eigenvalue weighted by Crippen LogP contribution is 2.24. The van der Waals surface area contributed by atoms with Crippen molar-refractivity contribution in [2.45, 2.75) is 39.4 Å². The highest BCUT2D eigenvalue weighted by atomic mass is 15.2. The van der Waals surface area contributed by atoms with Gasteiger partial charge >= 0.3 is 0 Å². The van der Waals surface area contributed by atoms with E-state index in [1.54, 1.807) is 0 Å². The number of likely N-dealkylation sites (N-methyl/N-ethyl adjacent to an activating group) is 1. The van der Waals surface area contributed by atoms with Gasteiger partial charge in [0.25, 0.3) is 0 Å². The minimum atomic E-state index is 0.0668. The Morgan fingerprint density at radius 2 is 1.81 bits per heavy atom. The maximum absolute atomic E-state index is 6.27. The molecule has 0 aliphatic heterocycles. The largest absolute Gasteiger partial charge is 0.326 e. The lowest BCUT2D eigenvalue weighted by atomic mass is 9.99. The fourth-order valence-corrected chi connectivity index (χ4v) is 2.80. The number of rotatable bonds is 6. The number of hydrogen-bond acceptors (Lipinski definition) is 3. The Kier molecular flexibility index (Phi) is 5.48. The Balaban J connectivity index is 2.24. The molecule has 0 saturated carbocycles. The fourth-order valence-electron chi connectivity index (χ4n) is 2.80. The van der Waals surface area contributed by atoms with Crippen molar-refractivity contribution in [3.05, 3.63) is 65.5 Å². The molecule has 112 valence electrons. The number of aromatic nitrogens is 1. The summed E-state index contributed by atoms with van der Waals surface area (Å²) in [7, 11) is 0. The van der Waals surface area contributed by atoms with Gasteiger partial charge in [0.2, 0.25) is 0 Å². The predicted octanol–water partition coefficient (Wildman–Crippen LogP) is 3.30. The Bertz CT molecular complexity index is 551. The summed E-state index contributed by atoms with van der Waals surface area (Å²) in [5.74, 6) is 0. The van der Waals surface area contributed by atoms with Gasteiger partial charge in [-0.3, -0.25) is 9.88 Å². The van der Waals surface area contributed by atoms with Crippen molar-refractivity contribution in [3.63, 3.8) is 0 Å². The molecule has 0 spiro atoms. The lowest BCUT2D eigenvalue weighted by Crippen LogP contribution is -2.39. The molecule has 21 heavy (non-hydrogen) atoms. The van der Waals surface area contributed by atoms with Crippen LogP contribution in [0.5, 0.6) is 0 Å². The van der Waals surface area contributed by atoms with Crippen LogP contribution in [-0.2, 0) is 6.54 Å². The van der Waals surface area contributed by atoms with Crippen LogP contribution in [0.1, 0.15) is 36.8 Å². The van der Waals surface area contributed by atoms with Crippen LogP contribution in [0.2, 0.25) is 0 Å². The summed E-state index contributed by atoms with van der Waals surface area (Å²) in [6.07, 6.45) is 0. The second-order valence-corrected chi connectivity index (χ2v) is 5.55. The summed E-state index contributed by atoms with van der Waals surface area (Å²) >= 11 is 0. The topological polar surface area (TPSA) is 42.2 Å². The van der Waals surface area contributed by atoms with Gasteiger partial charge in [-0.2, -0.15) is 0 Å². The van der Waals surface area contributed by atoms with Gasteiger partial charge in [-0.25, -0.2) is 0 Å². The van der Waals surface area contributed by atoms with Crippen LogP contribution in [0.15, 0.2) is 48.5 Å². The van der Waals surface area contributed by atoms with Crippen molar-refractivity contribution in [2.24, 2.45) is 5.73 Å². The summed E-state index contributed by atoms with van der Waals surface area (Å²) in [4.78, 5) is 7.00. The van der Waals surface area contributed by atoms with Crippen molar-refractivity contribution in [2.75, 3.05) is 6.54 Å². The maximum Gasteiger partial charge on any atom is 0.0547 e. The van der Waals surface area contributed by atoms with E-state index in [1.807, 2.05) is 19.1 Å². The van der Waals surface area contributed by atoms with Gasteiger partial charge in [0.1, 0.15) is 0 Å². The van der Waals surface area contributed by atoms with Crippen molar-refractivity contribution in [3.8, 4) is 0 Å². The maximum atomic E-state index is 6.27. The summed E-state index contributed by atoms with van der Waals surface area (Å²) in [6.45, 7) is 8.04. The third-order valence-corrected chi connectivity index (χ3v) is 3.75. The van der Waals surface area contributed by atoms with E-state index in [0.717, 1.165) is 24.5 Å². The molecule has 2 unspecified atom stereocenters. The Labute approximate surface area is 127 Å². The van der Waals surface area contributed by atoms with Gasteiger partial charge in [0, 0.05) is 18.3 Å². The van der Waals surface area contributed by atoms with E-state index in [-0.39, 0.29) is 12.1 Å². The van der Waals surface area contributed by atoms with Crippen molar-refractivity contribution in [1.29, 1.82) is 0 Å². The summed E-state index contributed by atoms with van der Waals surface area (Å²) < 4.78 is 0. The molecule has 2 atom stereocenters. The van der Waals surface area contributed by atoms with Crippen LogP contribution >= 0.6 is 0 Å². The summed E-state index contributed by atoms with van der Waals surface area (Å²) in [6, 6.07) is 16.9. The number of benzene rings is 1. The van der Waals surface area contributed by atoms with E-state index < -0.39 is 0 Å². The summed E-state index contributed by atoms with van der Waals surface area (Å²) in [5.41, 5.74) is 9.68. The number of nitrogens with two attached hydrogens (primary N) is 1. The van der Waals surface area contributed by atoms with Crippen LogP contribution in [0.3, 0.4) is 0 Å². The zero-order valence-corrected chi connectivity index (χ0v) is 13.2. The van der Waals surface area contributed by atoms with Crippen molar-refractivity contribution in [1.82, 2.24) is 9.88 Å². The van der Waals surface area contributed by atoms with Crippen LogP contribution in [-0.4, -0.2) is 22.5 Å². The van der Waals surface area contributed by atoms with Gasteiger partial charge < -0.3 is 5.73 Å². The van der Waals surface area contributed by atoms with Crippen molar-refractivity contribution < 1.29 is 0 Å². The van der Waals surface area contributed by atoms with E-state index >= 15 is 0 Å². The Morgan fingerprint density at radius 1 is 1.10 bits per heavy atom. The molecule has 2 aromatic rings. The highest BCUT2D eigenvalue weighted by molar-refractivity contribution is 5.21. The number of hydrogen-bond donors (Lipinski definition) is 1. The minimum absolute atomic E-state index is 0.0668. The molecule has 1 aromatic carbocycles. The van der Waals surface area contributed by atoms with Gasteiger partial charge in [-0.05, 0) is 38.1 Å². The van der Waals surface area contributed by atoms with E-state index in [9.17, 15) is 0 Å². The van der Waals surface area contributed by atoms with Gasteiger partial charge in [0.05, 0.1) is 11.7 Å². The average molecular weight is 283 g/mol. The zero-order valence-electron chi connectivity index (χ0n) is 13.2. The molecule has 2 rings (SSSR count). The van der Waals surface area contributed by atoms with Gasteiger partial charge in [0.15, 0.2) is 0 Å². The number of nitrogens with zero attached hydrogens (tertiary/aromatic N) is 2. The third-order valence-electron chi connectivity index (χ3n) is 3.75. The molecule has 3 heteroatoms. The van der Waals surface area contributed by atoms with Crippen molar-refractivity contribution >= 4 is 0 Å². The van der Waals surface area contributed by atoms with Crippen LogP contribution in [0.4, 0.5) is 0 Å². The SMILES string of the molecule is CCN(Cc1cccc(C)n1)C(c1ccccc1)C(C)N. The standard InChI is InChI=1S/C18H25N3/c1-4-21(13-17-12-8-9-14(2)20-17)18(15(3)19)16-10-6-5-7-11-16/h5-12,15,18H,4,13,19H2,1-3H3. The average Bonchev–Trinajstić information content (AvgIpc) is 2.47. The molecule has 3 nitrogen and oxygen atoms in total. The second-order valence-electron chi connectivity index (χ2n) is 5.55. The van der Waals surface area contributed by atoms with E-state index in [0.29, 0.717) is 0 Å². The molecular weight excluding hydrogens is 258 g/mol. The van der Waals surface area contributed by atoms with Gasteiger partial charge in [-0.1, -0.05) is 43.3 Å². The molecule has 1 heterocycles. The Hall–Kier alpha value is -1.71. The molecule has 0 saturated heterocycles. The summed E-state index contributed by atoms with van der Waals surface area (Å²) in [5, 5.41) is 0. The third kappa shape index (κ3) is 4.13. The molecular formula is C18H25N3. The molecule has 0 aliphatic carbocycles. The first-order chi connectivity index (χ1) is 10.1. The zero-order chi connectivity index (χ0) is 15.2. The lowest BCUT2D eigenvalue weighted by Gasteiger charge is -2.33. The predicted molar refractivity (Wildman–Crippen MR) is 87.9 cm³/mol. The second kappa shape index (κ2) is 7.34. The van der Waals surface area contributed by atoms with Gasteiger partial charge in [-0.15, -0.1) is 0 Å². The first kappa shape index (κ1) is 15.7. The fraction of sp³-hybridized carbons (Fsp3) is 0.389. The molecule has 0 bridgehead atoms. The molecule has 0 aliphatic rings. The first-order valence-electron chi connectivity index (χ1n) is 7.59. The lowest BCUT2D eigenvalue weighted by molar-refractivity contribution is 0.175.